The zero-order valence-corrected chi connectivity index (χ0v) is 9.71. The van der Waals surface area contributed by atoms with E-state index in [9.17, 15) is 5.11 Å². The van der Waals surface area contributed by atoms with Gasteiger partial charge in [0, 0.05) is 5.56 Å². The molecular weight excluding hydrogens is 214 g/mol. The predicted molar refractivity (Wildman–Crippen MR) is 61.2 cm³/mol. The average molecular weight is 228 g/mol. The van der Waals surface area contributed by atoms with Gasteiger partial charge in [-0.05, 0) is 23.1 Å². The highest BCUT2D eigenvalue weighted by molar-refractivity contribution is 6.32. The molecule has 82 valence electrons. The van der Waals surface area contributed by atoms with Gasteiger partial charge in [0.25, 0.3) is 0 Å². The van der Waals surface area contributed by atoms with Crippen molar-refractivity contribution in [2.24, 2.45) is 5.16 Å². The lowest BCUT2D eigenvalue weighted by Gasteiger charge is -2.20. The lowest BCUT2D eigenvalue weighted by atomic mass is 9.86. The lowest BCUT2D eigenvalue weighted by Crippen LogP contribution is -2.11. The SMILES string of the molecule is CC(C)(C)c1cc(Cl)c(O)c(C=NO)c1. The summed E-state index contributed by atoms with van der Waals surface area (Å²) in [5.74, 6) is -0.0672. The number of oxime groups is 1. The summed E-state index contributed by atoms with van der Waals surface area (Å²) >= 11 is 5.87. The van der Waals surface area contributed by atoms with Crippen LogP contribution in [0.25, 0.3) is 0 Å². The van der Waals surface area contributed by atoms with Crippen molar-refractivity contribution in [3.63, 3.8) is 0 Å². The summed E-state index contributed by atoms with van der Waals surface area (Å²) in [5, 5.41) is 21.2. The van der Waals surface area contributed by atoms with Crippen LogP contribution in [0.5, 0.6) is 5.75 Å². The second-order valence-electron chi connectivity index (χ2n) is 4.39. The molecule has 0 aliphatic carbocycles. The fourth-order valence-corrected chi connectivity index (χ4v) is 1.44. The Morgan fingerprint density at radius 3 is 2.40 bits per heavy atom. The lowest BCUT2D eigenvalue weighted by molar-refractivity contribution is 0.321. The normalized spacial score (nSPS) is 12.3. The molecule has 3 nitrogen and oxygen atoms in total. The minimum Gasteiger partial charge on any atom is -0.506 e. The number of phenolic OH excluding ortho intramolecular Hbond substituents is 1. The van der Waals surface area contributed by atoms with Crippen molar-refractivity contribution in [3.05, 3.63) is 28.3 Å². The molecule has 0 bridgehead atoms. The Balaban J connectivity index is 3.36. The fraction of sp³-hybridized carbons (Fsp3) is 0.364. The zero-order chi connectivity index (χ0) is 11.6. The number of nitrogens with zero attached hydrogens (tertiary/aromatic N) is 1. The topological polar surface area (TPSA) is 52.8 Å². The van der Waals surface area contributed by atoms with E-state index in [4.69, 9.17) is 16.8 Å². The summed E-state index contributed by atoms with van der Waals surface area (Å²) in [5.41, 5.74) is 1.31. The van der Waals surface area contributed by atoms with E-state index < -0.39 is 0 Å². The van der Waals surface area contributed by atoms with Crippen molar-refractivity contribution < 1.29 is 10.3 Å². The van der Waals surface area contributed by atoms with Gasteiger partial charge in [-0.3, -0.25) is 0 Å². The second-order valence-corrected chi connectivity index (χ2v) is 4.80. The molecule has 0 unspecified atom stereocenters. The van der Waals surface area contributed by atoms with Crippen LogP contribution in [0.1, 0.15) is 31.9 Å². The Bertz CT molecular complexity index is 394. The van der Waals surface area contributed by atoms with Crippen LogP contribution in [0.2, 0.25) is 5.02 Å². The number of rotatable bonds is 1. The highest BCUT2D eigenvalue weighted by Gasteiger charge is 2.17. The van der Waals surface area contributed by atoms with E-state index in [0.29, 0.717) is 5.56 Å². The molecule has 0 aromatic heterocycles. The standard InChI is InChI=1S/C11H14ClNO2/c1-11(2,3)8-4-7(6-13-15)10(14)9(12)5-8/h4-6,14-15H,1-3H3. The van der Waals surface area contributed by atoms with Crippen molar-refractivity contribution in [3.8, 4) is 5.75 Å². The minimum absolute atomic E-state index is 0.0672. The third kappa shape index (κ3) is 2.63. The summed E-state index contributed by atoms with van der Waals surface area (Å²) in [6, 6.07) is 3.46. The molecule has 1 aromatic rings. The first-order valence-corrected chi connectivity index (χ1v) is 4.94. The van der Waals surface area contributed by atoms with Gasteiger partial charge < -0.3 is 10.3 Å². The van der Waals surface area contributed by atoms with Gasteiger partial charge in [0.1, 0.15) is 5.75 Å². The van der Waals surface area contributed by atoms with Gasteiger partial charge >= 0.3 is 0 Å². The Labute approximate surface area is 94.0 Å². The number of hydrogen-bond donors (Lipinski definition) is 2. The van der Waals surface area contributed by atoms with Crippen LogP contribution >= 0.6 is 11.6 Å². The van der Waals surface area contributed by atoms with E-state index in [1.54, 1.807) is 12.1 Å². The number of aromatic hydroxyl groups is 1. The first-order valence-electron chi connectivity index (χ1n) is 4.56. The Kier molecular flexibility index (Phi) is 3.25. The van der Waals surface area contributed by atoms with E-state index >= 15 is 0 Å². The maximum atomic E-state index is 9.58. The first-order chi connectivity index (χ1) is 6.86. The number of phenols is 1. The van der Waals surface area contributed by atoms with E-state index in [1.165, 1.54) is 0 Å². The zero-order valence-electron chi connectivity index (χ0n) is 8.95. The van der Waals surface area contributed by atoms with Gasteiger partial charge in [-0.1, -0.05) is 37.5 Å². The van der Waals surface area contributed by atoms with Crippen LogP contribution in [0.4, 0.5) is 0 Å². The van der Waals surface area contributed by atoms with Crippen LogP contribution in [-0.4, -0.2) is 16.5 Å². The van der Waals surface area contributed by atoms with Gasteiger partial charge in [-0.2, -0.15) is 0 Å². The van der Waals surface area contributed by atoms with Gasteiger partial charge in [-0.25, -0.2) is 0 Å². The summed E-state index contributed by atoms with van der Waals surface area (Å²) in [6.45, 7) is 6.11. The monoisotopic (exact) mass is 227 g/mol. The third-order valence-corrected chi connectivity index (χ3v) is 2.44. The molecular formula is C11H14ClNO2. The molecule has 2 N–H and O–H groups in total. The molecule has 0 amide bonds. The minimum atomic E-state index is -0.0740. The summed E-state index contributed by atoms with van der Waals surface area (Å²) in [4.78, 5) is 0. The van der Waals surface area contributed by atoms with Crippen LogP contribution in [0.15, 0.2) is 17.3 Å². The van der Waals surface area contributed by atoms with Crippen molar-refractivity contribution in [2.45, 2.75) is 26.2 Å². The van der Waals surface area contributed by atoms with Crippen LogP contribution in [0.3, 0.4) is 0 Å². The molecule has 0 aliphatic rings. The quantitative estimate of drug-likeness (QED) is 0.440. The van der Waals surface area contributed by atoms with Gasteiger partial charge in [0.15, 0.2) is 0 Å². The van der Waals surface area contributed by atoms with Gasteiger partial charge in [0.05, 0.1) is 11.2 Å². The smallest absolute Gasteiger partial charge is 0.143 e. The molecule has 0 radical (unpaired) electrons. The van der Waals surface area contributed by atoms with Crippen LogP contribution in [-0.2, 0) is 5.41 Å². The predicted octanol–water partition coefficient (Wildman–Crippen LogP) is 3.15. The third-order valence-electron chi connectivity index (χ3n) is 2.16. The van der Waals surface area contributed by atoms with Gasteiger partial charge in [-0.15, -0.1) is 0 Å². The maximum Gasteiger partial charge on any atom is 0.143 e. The Hall–Kier alpha value is -1.22. The summed E-state index contributed by atoms with van der Waals surface area (Å²) in [6.07, 6.45) is 1.16. The molecule has 0 fully saturated rings. The van der Waals surface area contributed by atoms with E-state index in [1.807, 2.05) is 20.8 Å². The number of halogens is 1. The van der Waals surface area contributed by atoms with Crippen molar-refractivity contribution >= 4 is 17.8 Å². The van der Waals surface area contributed by atoms with Crippen LogP contribution < -0.4 is 0 Å². The van der Waals surface area contributed by atoms with Crippen molar-refractivity contribution in [1.82, 2.24) is 0 Å². The van der Waals surface area contributed by atoms with Crippen molar-refractivity contribution in [1.29, 1.82) is 0 Å². The molecule has 1 rings (SSSR count). The number of benzene rings is 1. The first kappa shape index (κ1) is 11.9. The summed E-state index contributed by atoms with van der Waals surface area (Å²) < 4.78 is 0. The largest absolute Gasteiger partial charge is 0.506 e. The molecule has 0 saturated heterocycles. The van der Waals surface area contributed by atoms with Crippen LogP contribution in [0, 0.1) is 0 Å². The molecule has 0 saturated carbocycles. The second kappa shape index (κ2) is 4.11. The molecule has 15 heavy (non-hydrogen) atoms. The fourth-order valence-electron chi connectivity index (χ4n) is 1.21. The average Bonchev–Trinajstić information content (AvgIpc) is 2.11. The van der Waals surface area contributed by atoms with E-state index in [2.05, 4.69) is 5.16 Å². The van der Waals surface area contributed by atoms with E-state index in [-0.39, 0.29) is 16.2 Å². The molecule has 0 aliphatic heterocycles. The molecule has 4 heteroatoms. The molecule has 0 spiro atoms. The summed E-state index contributed by atoms with van der Waals surface area (Å²) in [7, 11) is 0. The Morgan fingerprint density at radius 1 is 1.33 bits per heavy atom. The highest BCUT2D eigenvalue weighted by atomic mass is 35.5. The van der Waals surface area contributed by atoms with Crippen molar-refractivity contribution in [2.75, 3.05) is 0 Å². The van der Waals surface area contributed by atoms with E-state index in [0.717, 1.165) is 11.8 Å². The highest BCUT2D eigenvalue weighted by Crippen LogP contribution is 2.33. The number of hydrogen-bond acceptors (Lipinski definition) is 3. The van der Waals surface area contributed by atoms with Gasteiger partial charge in [0.2, 0.25) is 0 Å². The molecule has 0 heterocycles. The molecule has 1 aromatic carbocycles. The Morgan fingerprint density at radius 2 is 1.93 bits per heavy atom. The maximum absolute atomic E-state index is 9.58. The molecule has 0 atom stereocenters.